The summed E-state index contributed by atoms with van der Waals surface area (Å²) in [5.74, 6) is 0.230. The van der Waals surface area contributed by atoms with Crippen LogP contribution in [0.25, 0.3) is 17.1 Å². The first-order chi connectivity index (χ1) is 9.65. The molecule has 1 aromatic carbocycles. The van der Waals surface area contributed by atoms with Crippen LogP contribution in [0.1, 0.15) is 5.69 Å². The van der Waals surface area contributed by atoms with Crippen LogP contribution in [-0.2, 0) is 0 Å². The normalized spacial score (nSPS) is 10.7. The third-order valence-corrected chi connectivity index (χ3v) is 2.97. The molecule has 20 heavy (non-hydrogen) atoms. The Hall–Kier alpha value is -2.96. The van der Waals surface area contributed by atoms with Gasteiger partial charge in [0.1, 0.15) is 0 Å². The molecule has 7 heteroatoms. The van der Waals surface area contributed by atoms with Gasteiger partial charge in [-0.1, -0.05) is 0 Å². The van der Waals surface area contributed by atoms with Crippen LogP contribution in [0.2, 0.25) is 0 Å². The van der Waals surface area contributed by atoms with Gasteiger partial charge in [-0.15, -0.1) is 10.2 Å². The SMILES string of the molecule is Cc1cc(=O)c(O)cn1-c1ccc(-c2nn[nH]n2)cc1. The number of H-pyrrole nitrogens is 1. The molecule has 0 aliphatic heterocycles. The molecule has 0 aliphatic rings. The second-order valence-electron chi connectivity index (χ2n) is 4.32. The fraction of sp³-hybridized carbons (Fsp3) is 0.0769. The van der Waals surface area contributed by atoms with Gasteiger partial charge in [-0.05, 0) is 36.4 Å². The number of rotatable bonds is 2. The lowest BCUT2D eigenvalue weighted by molar-refractivity contribution is 0.465. The van der Waals surface area contributed by atoms with Crippen LogP contribution in [0.4, 0.5) is 0 Å². The number of aromatic hydroxyl groups is 1. The molecule has 0 amide bonds. The molecule has 0 bridgehead atoms. The van der Waals surface area contributed by atoms with E-state index in [4.69, 9.17) is 0 Å². The molecule has 0 aliphatic carbocycles. The fourth-order valence-corrected chi connectivity index (χ4v) is 1.95. The maximum atomic E-state index is 11.3. The highest BCUT2D eigenvalue weighted by atomic mass is 16.3. The van der Waals surface area contributed by atoms with Crippen molar-refractivity contribution in [1.29, 1.82) is 0 Å². The van der Waals surface area contributed by atoms with Crippen LogP contribution in [0, 0.1) is 6.92 Å². The number of aromatic nitrogens is 5. The first kappa shape index (κ1) is 12.1. The minimum absolute atomic E-state index is 0.280. The molecule has 0 unspecified atom stereocenters. The van der Waals surface area contributed by atoms with Gasteiger partial charge in [0.05, 0.1) is 6.20 Å². The molecule has 0 saturated heterocycles. The molecule has 7 nitrogen and oxygen atoms in total. The van der Waals surface area contributed by atoms with Crippen molar-refractivity contribution in [2.75, 3.05) is 0 Å². The standard InChI is InChI=1S/C13H11N5O2/c1-8-6-11(19)12(20)7-18(8)10-4-2-9(3-5-10)13-14-16-17-15-13/h2-7,20H,1H3,(H,14,15,16,17). The van der Waals surface area contributed by atoms with Crippen LogP contribution < -0.4 is 5.43 Å². The quantitative estimate of drug-likeness (QED) is 0.724. The van der Waals surface area contributed by atoms with E-state index in [2.05, 4.69) is 20.6 Å². The van der Waals surface area contributed by atoms with Crippen molar-refractivity contribution < 1.29 is 5.11 Å². The summed E-state index contributed by atoms with van der Waals surface area (Å²) in [6.45, 7) is 1.80. The van der Waals surface area contributed by atoms with Gasteiger partial charge >= 0.3 is 0 Å². The highest BCUT2D eigenvalue weighted by Crippen LogP contribution is 2.18. The summed E-state index contributed by atoms with van der Waals surface area (Å²) in [7, 11) is 0. The number of aryl methyl sites for hydroxylation is 1. The Bertz CT molecular complexity index is 791. The van der Waals surface area contributed by atoms with Crippen molar-refractivity contribution in [2.45, 2.75) is 6.92 Å². The van der Waals surface area contributed by atoms with Crippen LogP contribution in [0.5, 0.6) is 5.75 Å². The predicted molar refractivity (Wildman–Crippen MR) is 71.6 cm³/mol. The zero-order valence-electron chi connectivity index (χ0n) is 10.6. The second-order valence-corrected chi connectivity index (χ2v) is 4.32. The summed E-state index contributed by atoms with van der Waals surface area (Å²) in [4.78, 5) is 11.3. The Labute approximate surface area is 113 Å². The van der Waals surface area contributed by atoms with E-state index in [1.54, 1.807) is 11.5 Å². The molecule has 2 heterocycles. The van der Waals surface area contributed by atoms with Crippen molar-refractivity contribution in [3.05, 3.63) is 52.4 Å². The molecule has 0 spiro atoms. The number of aromatic amines is 1. The zero-order chi connectivity index (χ0) is 14.1. The summed E-state index contributed by atoms with van der Waals surface area (Å²) in [6, 6.07) is 8.78. The largest absolute Gasteiger partial charge is 0.503 e. The van der Waals surface area contributed by atoms with E-state index in [-0.39, 0.29) is 11.2 Å². The summed E-state index contributed by atoms with van der Waals surface area (Å²) in [6.07, 6.45) is 1.40. The van der Waals surface area contributed by atoms with E-state index in [0.29, 0.717) is 5.82 Å². The van der Waals surface area contributed by atoms with Gasteiger partial charge in [-0.2, -0.15) is 5.21 Å². The second kappa shape index (κ2) is 4.61. The predicted octanol–water partition coefficient (Wildman–Crippen LogP) is 1.03. The molecular formula is C13H11N5O2. The molecule has 0 atom stereocenters. The van der Waals surface area contributed by atoms with E-state index in [1.807, 2.05) is 24.3 Å². The molecule has 0 fully saturated rings. The topological polar surface area (TPSA) is 96.7 Å². The lowest BCUT2D eigenvalue weighted by Gasteiger charge is -2.11. The lowest BCUT2D eigenvalue weighted by Crippen LogP contribution is -2.07. The lowest BCUT2D eigenvalue weighted by atomic mass is 10.2. The maximum Gasteiger partial charge on any atom is 0.223 e. The maximum absolute atomic E-state index is 11.3. The van der Waals surface area contributed by atoms with Gasteiger partial charge in [-0.25, -0.2) is 0 Å². The van der Waals surface area contributed by atoms with Crippen LogP contribution in [0.3, 0.4) is 0 Å². The number of hydrogen-bond donors (Lipinski definition) is 2. The third kappa shape index (κ3) is 2.05. The van der Waals surface area contributed by atoms with Crippen molar-refractivity contribution in [3.8, 4) is 22.8 Å². The smallest absolute Gasteiger partial charge is 0.223 e. The number of benzene rings is 1. The van der Waals surface area contributed by atoms with E-state index >= 15 is 0 Å². The van der Waals surface area contributed by atoms with Crippen LogP contribution in [-0.4, -0.2) is 30.3 Å². The number of nitrogens with one attached hydrogen (secondary N) is 1. The highest BCUT2D eigenvalue weighted by molar-refractivity contribution is 5.56. The average molecular weight is 269 g/mol. The van der Waals surface area contributed by atoms with Crippen molar-refractivity contribution >= 4 is 0 Å². The molecule has 2 aromatic heterocycles. The van der Waals surface area contributed by atoms with Crippen LogP contribution in [0.15, 0.2) is 41.3 Å². The molecule has 0 radical (unpaired) electrons. The zero-order valence-corrected chi connectivity index (χ0v) is 10.6. The van der Waals surface area contributed by atoms with Crippen molar-refractivity contribution in [2.24, 2.45) is 0 Å². The Morgan fingerprint density at radius 1 is 1.25 bits per heavy atom. The molecule has 3 rings (SSSR count). The molecule has 3 aromatic rings. The van der Waals surface area contributed by atoms with Gasteiger partial charge in [0.25, 0.3) is 0 Å². The Kier molecular flexibility index (Phi) is 2.79. The third-order valence-electron chi connectivity index (χ3n) is 2.97. The van der Waals surface area contributed by atoms with E-state index in [9.17, 15) is 9.90 Å². The highest BCUT2D eigenvalue weighted by Gasteiger charge is 2.06. The van der Waals surface area contributed by atoms with Crippen LogP contribution >= 0.6 is 0 Å². The van der Waals surface area contributed by atoms with Gasteiger partial charge < -0.3 is 9.67 Å². The minimum Gasteiger partial charge on any atom is -0.503 e. The number of pyridine rings is 1. The monoisotopic (exact) mass is 269 g/mol. The minimum atomic E-state index is -0.387. The van der Waals surface area contributed by atoms with Gasteiger partial charge in [-0.3, -0.25) is 4.79 Å². The number of hydrogen-bond acceptors (Lipinski definition) is 5. The summed E-state index contributed by atoms with van der Waals surface area (Å²) in [5.41, 5.74) is 2.00. The van der Waals surface area contributed by atoms with E-state index < -0.39 is 0 Å². The van der Waals surface area contributed by atoms with Gasteiger partial charge in [0.15, 0.2) is 5.75 Å². The average Bonchev–Trinajstić information content (AvgIpc) is 2.97. The van der Waals surface area contributed by atoms with Gasteiger partial charge in [0, 0.05) is 23.0 Å². The number of nitrogens with zero attached hydrogens (tertiary/aromatic N) is 4. The Morgan fingerprint density at radius 2 is 2.00 bits per heavy atom. The number of tetrazole rings is 1. The summed E-state index contributed by atoms with van der Waals surface area (Å²) < 4.78 is 1.73. The summed E-state index contributed by atoms with van der Waals surface area (Å²) >= 11 is 0. The first-order valence-corrected chi connectivity index (χ1v) is 5.91. The molecule has 2 N–H and O–H groups in total. The Morgan fingerprint density at radius 3 is 2.65 bits per heavy atom. The van der Waals surface area contributed by atoms with E-state index in [0.717, 1.165) is 16.9 Å². The van der Waals surface area contributed by atoms with Gasteiger partial charge in [0.2, 0.25) is 11.3 Å². The molecule has 0 saturated carbocycles. The van der Waals surface area contributed by atoms with E-state index in [1.165, 1.54) is 12.3 Å². The molecule has 100 valence electrons. The fourth-order valence-electron chi connectivity index (χ4n) is 1.95. The van der Waals surface area contributed by atoms with Crippen molar-refractivity contribution in [1.82, 2.24) is 25.2 Å². The Balaban J connectivity index is 2.04. The first-order valence-electron chi connectivity index (χ1n) is 5.91. The van der Waals surface area contributed by atoms with Crippen molar-refractivity contribution in [3.63, 3.8) is 0 Å². The summed E-state index contributed by atoms with van der Waals surface area (Å²) in [5, 5.41) is 23.2. The molecular weight excluding hydrogens is 258 g/mol.